The van der Waals surface area contributed by atoms with Crippen molar-refractivity contribution >= 4 is 58.3 Å². The molecule has 0 aromatic heterocycles. The van der Waals surface area contributed by atoms with Gasteiger partial charge in [-0.3, -0.25) is 25.8 Å². The first-order chi connectivity index (χ1) is 14.3. The third-order valence-corrected chi connectivity index (χ3v) is 4.21. The number of thiocarbonyl (C=S) groups is 1. The Labute approximate surface area is 187 Å². The quantitative estimate of drug-likeness (QED) is 0.339. The fourth-order valence-corrected chi connectivity index (χ4v) is 2.73. The summed E-state index contributed by atoms with van der Waals surface area (Å²) in [4.78, 5) is 35.6. The summed E-state index contributed by atoms with van der Waals surface area (Å²) in [6, 6.07) is 10.5. The zero-order chi connectivity index (χ0) is 22.1. The summed E-state index contributed by atoms with van der Waals surface area (Å²) < 4.78 is 10.2. The highest BCUT2D eigenvalue weighted by molar-refractivity contribution is 7.80. The average molecular weight is 470 g/mol. The van der Waals surface area contributed by atoms with Crippen LogP contribution >= 0.6 is 35.4 Å². The zero-order valence-electron chi connectivity index (χ0n) is 15.7. The van der Waals surface area contributed by atoms with Gasteiger partial charge >= 0.3 is 5.97 Å². The van der Waals surface area contributed by atoms with Crippen LogP contribution in [0.1, 0.15) is 27.6 Å². The number of esters is 1. The van der Waals surface area contributed by atoms with Gasteiger partial charge in [-0.2, -0.15) is 0 Å². The highest BCUT2D eigenvalue weighted by Crippen LogP contribution is 2.20. The van der Waals surface area contributed by atoms with E-state index in [0.29, 0.717) is 16.3 Å². The Balaban J connectivity index is 1.75. The van der Waals surface area contributed by atoms with Gasteiger partial charge in [0.15, 0.2) is 11.7 Å². The van der Waals surface area contributed by atoms with E-state index in [4.69, 9.17) is 44.9 Å². The van der Waals surface area contributed by atoms with Crippen molar-refractivity contribution in [3.8, 4) is 5.75 Å². The zero-order valence-corrected chi connectivity index (χ0v) is 18.0. The summed E-state index contributed by atoms with van der Waals surface area (Å²) >= 11 is 16.7. The predicted molar refractivity (Wildman–Crippen MR) is 116 cm³/mol. The molecule has 8 nitrogen and oxygen atoms in total. The molecule has 2 amide bonds. The van der Waals surface area contributed by atoms with Crippen LogP contribution in [0, 0.1) is 0 Å². The number of benzene rings is 2. The van der Waals surface area contributed by atoms with Crippen LogP contribution in [0.4, 0.5) is 0 Å². The molecule has 3 N–H and O–H groups in total. The Hall–Kier alpha value is -2.88. The lowest BCUT2D eigenvalue weighted by atomic mass is 10.2. The molecule has 0 bridgehead atoms. The standard InChI is InChI=1S/C19H17Cl2N3O5S/c1-2-28-18(27)11-3-6-13(7-4-11)29-10-16(25)23-24-19(30)22-17(26)14-8-5-12(20)9-15(14)21/h3-9H,2,10H2,1H3,(H,23,25)(H2,22,24,26,30). The fraction of sp³-hybridized carbons (Fsp3) is 0.158. The molecule has 0 saturated carbocycles. The first-order valence-electron chi connectivity index (χ1n) is 8.55. The summed E-state index contributed by atoms with van der Waals surface area (Å²) in [5, 5.41) is 2.78. The van der Waals surface area contributed by atoms with Crippen LogP contribution in [-0.4, -0.2) is 36.1 Å². The smallest absolute Gasteiger partial charge is 0.338 e. The number of hydrazine groups is 1. The third kappa shape index (κ3) is 7.18. The van der Waals surface area contributed by atoms with Gasteiger partial charge in [-0.05, 0) is 61.6 Å². The Morgan fingerprint density at radius 3 is 2.37 bits per heavy atom. The van der Waals surface area contributed by atoms with Crippen molar-refractivity contribution in [2.75, 3.05) is 13.2 Å². The van der Waals surface area contributed by atoms with Crippen LogP contribution in [0.3, 0.4) is 0 Å². The van der Waals surface area contributed by atoms with Crippen molar-refractivity contribution in [1.29, 1.82) is 0 Å². The molecular weight excluding hydrogens is 453 g/mol. The number of amides is 2. The Bertz CT molecular complexity index is 954. The minimum Gasteiger partial charge on any atom is -0.484 e. The Kier molecular flexibility index (Phi) is 8.85. The molecule has 0 atom stereocenters. The van der Waals surface area contributed by atoms with E-state index < -0.39 is 17.8 Å². The topological polar surface area (TPSA) is 106 Å². The SMILES string of the molecule is CCOC(=O)c1ccc(OCC(=O)NNC(=S)NC(=O)c2ccc(Cl)cc2Cl)cc1. The van der Waals surface area contributed by atoms with E-state index in [1.807, 2.05) is 0 Å². The van der Waals surface area contributed by atoms with Gasteiger partial charge in [-0.25, -0.2) is 4.79 Å². The molecule has 0 radical (unpaired) electrons. The second-order valence-corrected chi connectivity index (χ2v) is 6.87. The molecule has 158 valence electrons. The minimum absolute atomic E-state index is 0.141. The largest absolute Gasteiger partial charge is 0.484 e. The van der Waals surface area contributed by atoms with Gasteiger partial charge in [0.2, 0.25) is 0 Å². The number of carbonyl (C=O) groups is 3. The van der Waals surface area contributed by atoms with Crippen molar-refractivity contribution in [1.82, 2.24) is 16.2 Å². The molecular formula is C19H17Cl2N3O5S. The van der Waals surface area contributed by atoms with Crippen molar-refractivity contribution in [2.24, 2.45) is 0 Å². The number of hydrogen-bond donors (Lipinski definition) is 3. The molecule has 30 heavy (non-hydrogen) atoms. The van der Waals surface area contributed by atoms with E-state index in [2.05, 4.69) is 16.2 Å². The van der Waals surface area contributed by atoms with Gasteiger partial charge in [-0.1, -0.05) is 23.2 Å². The van der Waals surface area contributed by atoms with Crippen molar-refractivity contribution in [3.05, 3.63) is 63.6 Å². The molecule has 2 rings (SSSR count). The van der Waals surface area contributed by atoms with Gasteiger partial charge < -0.3 is 9.47 Å². The number of ether oxygens (including phenoxy) is 2. The van der Waals surface area contributed by atoms with Crippen molar-refractivity contribution < 1.29 is 23.9 Å². The molecule has 0 fully saturated rings. The van der Waals surface area contributed by atoms with Crippen LogP contribution in [0.15, 0.2) is 42.5 Å². The maximum Gasteiger partial charge on any atom is 0.338 e. The van der Waals surface area contributed by atoms with E-state index >= 15 is 0 Å². The maximum atomic E-state index is 12.1. The summed E-state index contributed by atoms with van der Waals surface area (Å²) in [6.45, 7) is 1.66. The molecule has 2 aromatic carbocycles. The Morgan fingerprint density at radius 2 is 1.73 bits per heavy atom. The summed E-state index contributed by atoms with van der Waals surface area (Å²) in [5.41, 5.74) is 5.20. The summed E-state index contributed by atoms with van der Waals surface area (Å²) in [6.07, 6.45) is 0. The first-order valence-corrected chi connectivity index (χ1v) is 9.71. The molecule has 0 heterocycles. The fourth-order valence-electron chi connectivity index (χ4n) is 2.09. The third-order valence-electron chi connectivity index (χ3n) is 3.45. The number of halogens is 2. The average Bonchev–Trinajstić information content (AvgIpc) is 2.71. The lowest BCUT2D eigenvalue weighted by molar-refractivity contribution is -0.123. The monoisotopic (exact) mass is 469 g/mol. The van der Waals surface area contributed by atoms with Crippen LogP contribution in [0.2, 0.25) is 10.0 Å². The number of nitrogens with one attached hydrogen (secondary N) is 3. The van der Waals surface area contributed by atoms with Crippen molar-refractivity contribution in [3.63, 3.8) is 0 Å². The normalized spacial score (nSPS) is 9.97. The van der Waals surface area contributed by atoms with Crippen LogP contribution in [-0.2, 0) is 9.53 Å². The molecule has 0 aliphatic carbocycles. The second kappa shape index (κ2) is 11.3. The van der Waals surface area contributed by atoms with Gasteiger partial charge in [-0.15, -0.1) is 0 Å². The summed E-state index contributed by atoms with van der Waals surface area (Å²) in [5.74, 6) is -1.18. The minimum atomic E-state index is -0.568. The second-order valence-electron chi connectivity index (χ2n) is 5.61. The van der Waals surface area contributed by atoms with Gasteiger partial charge in [0.05, 0.1) is 22.8 Å². The molecule has 0 unspecified atom stereocenters. The van der Waals surface area contributed by atoms with Gasteiger partial charge in [0.1, 0.15) is 5.75 Å². The highest BCUT2D eigenvalue weighted by atomic mass is 35.5. The lowest BCUT2D eigenvalue weighted by Crippen LogP contribution is -2.49. The van der Waals surface area contributed by atoms with E-state index in [1.54, 1.807) is 6.92 Å². The number of rotatable bonds is 6. The van der Waals surface area contributed by atoms with E-state index in [0.717, 1.165) is 0 Å². The van der Waals surface area contributed by atoms with Crippen LogP contribution < -0.4 is 20.9 Å². The number of hydrogen-bond acceptors (Lipinski definition) is 6. The molecule has 0 saturated heterocycles. The molecule has 0 aliphatic heterocycles. The molecule has 11 heteroatoms. The van der Waals surface area contributed by atoms with E-state index in [9.17, 15) is 14.4 Å². The first kappa shape index (κ1) is 23.4. The molecule has 0 aliphatic rings. The maximum absolute atomic E-state index is 12.1. The van der Waals surface area contributed by atoms with Gasteiger partial charge in [0.25, 0.3) is 11.8 Å². The van der Waals surface area contributed by atoms with Crippen molar-refractivity contribution in [2.45, 2.75) is 6.92 Å². The predicted octanol–water partition coefficient (Wildman–Crippen LogP) is 2.88. The van der Waals surface area contributed by atoms with Crippen LogP contribution in [0.25, 0.3) is 0 Å². The lowest BCUT2D eigenvalue weighted by Gasteiger charge is -2.12. The van der Waals surface area contributed by atoms with E-state index in [-0.39, 0.29) is 28.9 Å². The summed E-state index contributed by atoms with van der Waals surface area (Å²) in [7, 11) is 0. The molecule has 0 spiro atoms. The molecule has 2 aromatic rings. The van der Waals surface area contributed by atoms with Crippen LogP contribution in [0.5, 0.6) is 5.75 Å². The Morgan fingerprint density at radius 1 is 1.03 bits per heavy atom. The number of carbonyl (C=O) groups excluding carboxylic acids is 3. The van der Waals surface area contributed by atoms with E-state index in [1.165, 1.54) is 42.5 Å². The highest BCUT2D eigenvalue weighted by Gasteiger charge is 2.13. The van der Waals surface area contributed by atoms with Gasteiger partial charge in [0, 0.05) is 5.02 Å².